The van der Waals surface area contributed by atoms with E-state index in [-0.39, 0.29) is 11.8 Å². The third-order valence-corrected chi connectivity index (χ3v) is 4.75. The van der Waals surface area contributed by atoms with Crippen molar-refractivity contribution in [2.45, 2.75) is 46.8 Å². The molecule has 2 unspecified atom stereocenters. The van der Waals surface area contributed by atoms with Gasteiger partial charge in [-0.05, 0) is 62.6 Å². The highest BCUT2D eigenvalue weighted by molar-refractivity contribution is 5.99. The molecule has 2 aromatic carbocycles. The zero-order valence-electron chi connectivity index (χ0n) is 19.1. The van der Waals surface area contributed by atoms with E-state index in [9.17, 15) is 14.4 Å². The molecular weight excluding hydrogens is 410 g/mol. The number of carbonyl (C=O) groups excluding carboxylic acids is 3. The van der Waals surface area contributed by atoms with Gasteiger partial charge in [-0.2, -0.15) is 0 Å². The van der Waals surface area contributed by atoms with Gasteiger partial charge in [-0.1, -0.05) is 32.0 Å². The maximum absolute atomic E-state index is 12.6. The van der Waals surface area contributed by atoms with Crippen molar-refractivity contribution in [2.24, 2.45) is 5.92 Å². The van der Waals surface area contributed by atoms with E-state index >= 15 is 0 Å². The molecule has 0 aromatic heterocycles. The lowest BCUT2D eigenvalue weighted by atomic mass is 10.0. The van der Waals surface area contributed by atoms with Crippen LogP contribution >= 0.6 is 0 Å². The van der Waals surface area contributed by atoms with Crippen LogP contribution in [0.25, 0.3) is 0 Å². The zero-order chi connectivity index (χ0) is 23.7. The van der Waals surface area contributed by atoms with Crippen LogP contribution in [0.5, 0.6) is 11.5 Å². The highest BCUT2D eigenvalue weighted by Gasteiger charge is 2.26. The quantitative estimate of drug-likeness (QED) is 0.519. The lowest BCUT2D eigenvalue weighted by Gasteiger charge is -2.23. The molecule has 0 saturated carbocycles. The van der Waals surface area contributed by atoms with Gasteiger partial charge in [0, 0.05) is 5.56 Å². The molecule has 0 bridgehead atoms. The molecule has 0 spiro atoms. The standard InChI is InChI=1S/C24H31N3O5/c1-6-31-18-11-13-19(14-12-18)32-17(5)22(28)26-27-24(30)21(15(2)3)25-23(29)20-10-8-7-9-16(20)4/h7-15,17,21H,6H2,1-5H3,(H,25,29)(H,26,28)(H,27,30). The molecule has 32 heavy (non-hydrogen) atoms. The maximum Gasteiger partial charge on any atom is 0.279 e. The Morgan fingerprint density at radius 1 is 0.875 bits per heavy atom. The first kappa shape index (κ1) is 24.7. The minimum Gasteiger partial charge on any atom is -0.494 e. The van der Waals surface area contributed by atoms with Gasteiger partial charge in [0.2, 0.25) is 0 Å². The first-order valence-corrected chi connectivity index (χ1v) is 10.6. The Hall–Kier alpha value is -3.55. The number of hydrazine groups is 1. The summed E-state index contributed by atoms with van der Waals surface area (Å²) in [6.45, 7) is 9.46. The van der Waals surface area contributed by atoms with Crippen LogP contribution in [0.15, 0.2) is 48.5 Å². The van der Waals surface area contributed by atoms with E-state index in [0.29, 0.717) is 23.7 Å². The zero-order valence-corrected chi connectivity index (χ0v) is 19.1. The molecule has 0 heterocycles. The second-order valence-electron chi connectivity index (χ2n) is 7.65. The van der Waals surface area contributed by atoms with Crippen LogP contribution in [0.1, 0.15) is 43.6 Å². The van der Waals surface area contributed by atoms with Gasteiger partial charge >= 0.3 is 0 Å². The fourth-order valence-electron chi connectivity index (χ4n) is 2.92. The van der Waals surface area contributed by atoms with E-state index in [1.54, 1.807) is 43.3 Å². The molecule has 0 aliphatic heterocycles. The summed E-state index contributed by atoms with van der Waals surface area (Å²) in [4.78, 5) is 37.6. The Morgan fingerprint density at radius 2 is 1.47 bits per heavy atom. The van der Waals surface area contributed by atoms with Crippen LogP contribution < -0.4 is 25.6 Å². The van der Waals surface area contributed by atoms with Gasteiger partial charge in [-0.3, -0.25) is 25.2 Å². The lowest BCUT2D eigenvalue weighted by molar-refractivity contribution is -0.133. The van der Waals surface area contributed by atoms with Crippen molar-refractivity contribution < 1.29 is 23.9 Å². The number of hydrogen-bond acceptors (Lipinski definition) is 5. The number of carbonyl (C=O) groups is 3. The van der Waals surface area contributed by atoms with Crippen LogP contribution in [0, 0.1) is 12.8 Å². The summed E-state index contributed by atoms with van der Waals surface area (Å²) in [6, 6.07) is 13.2. The number of aryl methyl sites for hydroxylation is 1. The van der Waals surface area contributed by atoms with E-state index < -0.39 is 24.0 Å². The fraction of sp³-hybridized carbons (Fsp3) is 0.375. The molecule has 3 N–H and O–H groups in total. The van der Waals surface area contributed by atoms with Crippen LogP contribution in [-0.4, -0.2) is 36.5 Å². The van der Waals surface area contributed by atoms with Gasteiger partial charge in [0.15, 0.2) is 6.10 Å². The molecule has 8 nitrogen and oxygen atoms in total. The second-order valence-corrected chi connectivity index (χ2v) is 7.65. The smallest absolute Gasteiger partial charge is 0.279 e. The van der Waals surface area contributed by atoms with Gasteiger partial charge in [-0.25, -0.2) is 0 Å². The van der Waals surface area contributed by atoms with Crippen molar-refractivity contribution in [1.82, 2.24) is 16.2 Å². The van der Waals surface area contributed by atoms with Crippen molar-refractivity contribution in [1.29, 1.82) is 0 Å². The number of benzene rings is 2. The molecule has 8 heteroatoms. The molecule has 0 radical (unpaired) electrons. The lowest BCUT2D eigenvalue weighted by Crippen LogP contribution is -2.56. The number of nitrogens with one attached hydrogen (secondary N) is 3. The number of rotatable bonds is 9. The summed E-state index contributed by atoms with van der Waals surface area (Å²) in [6.07, 6.45) is -0.854. The molecule has 0 fully saturated rings. The highest BCUT2D eigenvalue weighted by Crippen LogP contribution is 2.18. The number of hydrogen-bond donors (Lipinski definition) is 3. The average molecular weight is 442 g/mol. The molecule has 2 aromatic rings. The Bertz CT molecular complexity index is 927. The molecule has 172 valence electrons. The summed E-state index contributed by atoms with van der Waals surface area (Å²) in [5.74, 6) is -0.402. The molecule has 2 rings (SSSR count). The van der Waals surface area contributed by atoms with Gasteiger partial charge in [0.1, 0.15) is 17.5 Å². The largest absolute Gasteiger partial charge is 0.494 e. The summed E-state index contributed by atoms with van der Waals surface area (Å²) in [5.41, 5.74) is 6.03. The van der Waals surface area contributed by atoms with E-state index in [1.807, 2.05) is 39.8 Å². The second kappa shape index (κ2) is 11.7. The monoisotopic (exact) mass is 441 g/mol. The van der Waals surface area contributed by atoms with Crippen molar-refractivity contribution in [3.05, 3.63) is 59.7 Å². The first-order chi connectivity index (χ1) is 15.2. The molecule has 3 amide bonds. The van der Waals surface area contributed by atoms with Crippen LogP contribution in [0.4, 0.5) is 0 Å². The van der Waals surface area contributed by atoms with Crippen molar-refractivity contribution in [3.63, 3.8) is 0 Å². The van der Waals surface area contributed by atoms with Gasteiger partial charge in [0.05, 0.1) is 6.61 Å². The van der Waals surface area contributed by atoms with Crippen LogP contribution in [-0.2, 0) is 9.59 Å². The predicted octanol–water partition coefficient (Wildman–Crippen LogP) is 2.76. The molecule has 0 aliphatic carbocycles. The summed E-state index contributed by atoms with van der Waals surface area (Å²) in [5, 5.41) is 2.74. The van der Waals surface area contributed by atoms with Crippen LogP contribution in [0.3, 0.4) is 0 Å². The normalized spacial score (nSPS) is 12.4. The van der Waals surface area contributed by atoms with Gasteiger partial charge in [-0.15, -0.1) is 0 Å². The molecular formula is C24H31N3O5. The Kier molecular flexibility index (Phi) is 9.07. The fourth-order valence-corrected chi connectivity index (χ4v) is 2.92. The molecule has 0 aliphatic rings. The Labute approximate surface area is 188 Å². The van der Waals surface area contributed by atoms with E-state index in [2.05, 4.69) is 16.2 Å². The van der Waals surface area contributed by atoms with Crippen molar-refractivity contribution >= 4 is 17.7 Å². The average Bonchev–Trinajstić information content (AvgIpc) is 2.77. The predicted molar refractivity (Wildman–Crippen MR) is 121 cm³/mol. The number of ether oxygens (including phenoxy) is 2. The number of amides is 3. The SMILES string of the molecule is CCOc1ccc(OC(C)C(=O)NNC(=O)C(NC(=O)c2ccccc2C)C(C)C)cc1. The summed E-state index contributed by atoms with van der Waals surface area (Å²) in [7, 11) is 0. The Morgan fingerprint density at radius 3 is 2.06 bits per heavy atom. The summed E-state index contributed by atoms with van der Waals surface area (Å²) < 4.78 is 11.0. The van der Waals surface area contributed by atoms with E-state index in [0.717, 1.165) is 5.56 Å². The van der Waals surface area contributed by atoms with Crippen molar-refractivity contribution in [2.75, 3.05) is 6.61 Å². The van der Waals surface area contributed by atoms with E-state index in [4.69, 9.17) is 9.47 Å². The third kappa shape index (κ3) is 7.01. The minimum absolute atomic E-state index is 0.197. The Balaban J connectivity index is 1.90. The summed E-state index contributed by atoms with van der Waals surface area (Å²) >= 11 is 0. The molecule has 2 atom stereocenters. The third-order valence-electron chi connectivity index (χ3n) is 4.75. The topological polar surface area (TPSA) is 106 Å². The van der Waals surface area contributed by atoms with E-state index in [1.165, 1.54) is 0 Å². The highest BCUT2D eigenvalue weighted by atomic mass is 16.5. The van der Waals surface area contributed by atoms with Crippen LogP contribution in [0.2, 0.25) is 0 Å². The van der Waals surface area contributed by atoms with Gasteiger partial charge in [0.25, 0.3) is 17.7 Å². The molecule has 0 saturated heterocycles. The maximum atomic E-state index is 12.6. The minimum atomic E-state index is -0.854. The first-order valence-electron chi connectivity index (χ1n) is 10.6. The van der Waals surface area contributed by atoms with Gasteiger partial charge < -0.3 is 14.8 Å². The van der Waals surface area contributed by atoms with Crippen molar-refractivity contribution in [3.8, 4) is 11.5 Å².